The van der Waals surface area contributed by atoms with Crippen molar-refractivity contribution in [1.82, 2.24) is 4.98 Å². The second kappa shape index (κ2) is 5.12. The molecule has 1 heterocycles. The Kier molecular flexibility index (Phi) is 3.35. The lowest BCUT2D eigenvalue weighted by molar-refractivity contribution is 0.0723. The van der Waals surface area contributed by atoms with Crippen molar-refractivity contribution in [3.8, 4) is 11.5 Å². The molecule has 0 N–H and O–H groups in total. The minimum absolute atomic E-state index is 0.262. The van der Waals surface area contributed by atoms with Crippen LogP contribution in [0.5, 0.6) is 11.5 Å². The molecule has 0 aliphatic heterocycles. The Balaban J connectivity index is 2.19. The van der Waals surface area contributed by atoms with Crippen molar-refractivity contribution in [2.24, 2.45) is 0 Å². The van der Waals surface area contributed by atoms with E-state index in [1.54, 1.807) is 48.7 Å². The van der Waals surface area contributed by atoms with E-state index >= 15 is 0 Å². The maximum absolute atomic E-state index is 11.7. The van der Waals surface area contributed by atoms with Gasteiger partial charge in [-0.3, -0.25) is 0 Å². The van der Waals surface area contributed by atoms with E-state index in [-0.39, 0.29) is 5.69 Å². The Bertz CT molecular complexity index is 511. The fraction of sp³-hybridized carbons (Fsp3) is 0.0769. The first-order valence-electron chi connectivity index (χ1n) is 5.07. The molecule has 0 radical (unpaired) electrons. The summed E-state index contributed by atoms with van der Waals surface area (Å²) in [5.74, 6) is 0.387. The summed E-state index contributed by atoms with van der Waals surface area (Å²) >= 11 is 0. The van der Waals surface area contributed by atoms with Gasteiger partial charge in [0, 0.05) is 6.20 Å². The summed E-state index contributed by atoms with van der Waals surface area (Å²) in [7, 11) is 1.52. The molecule has 1 aromatic heterocycles. The minimum atomic E-state index is -0.505. The molecule has 0 amide bonds. The smallest absolute Gasteiger partial charge is 0.362 e. The first-order chi connectivity index (χ1) is 8.31. The molecule has 0 aliphatic carbocycles. The molecular formula is C13H11NO3. The second-order valence-corrected chi connectivity index (χ2v) is 3.26. The van der Waals surface area contributed by atoms with E-state index in [0.29, 0.717) is 11.5 Å². The number of carbonyl (C=O) groups is 1. The maximum Gasteiger partial charge on any atom is 0.362 e. The van der Waals surface area contributed by atoms with Gasteiger partial charge in [0.25, 0.3) is 0 Å². The molecule has 2 aromatic rings. The summed E-state index contributed by atoms with van der Waals surface area (Å²) < 4.78 is 10.3. The van der Waals surface area contributed by atoms with Gasteiger partial charge in [0.2, 0.25) is 0 Å². The van der Waals surface area contributed by atoms with Gasteiger partial charge in [-0.05, 0) is 24.3 Å². The van der Waals surface area contributed by atoms with Gasteiger partial charge in [0.15, 0.2) is 11.5 Å². The van der Waals surface area contributed by atoms with Gasteiger partial charge in [-0.25, -0.2) is 9.78 Å². The van der Waals surface area contributed by atoms with Crippen LogP contribution in [0, 0.1) is 0 Å². The number of para-hydroxylation sites is 2. The number of hydrogen-bond acceptors (Lipinski definition) is 4. The Morgan fingerprint density at radius 1 is 1.06 bits per heavy atom. The van der Waals surface area contributed by atoms with E-state index < -0.39 is 5.97 Å². The molecule has 4 nitrogen and oxygen atoms in total. The number of methoxy groups -OCH3 is 1. The van der Waals surface area contributed by atoms with Crippen LogP contribution in [0.2, 0.25) is 0 Å². The molecule has 2 rings (SSSR count). The number of carbonyl (C=O) groups excluding carboxylic acids is 1. The van der Waals surface area contributed by atoms with Gasteiger partial charge in [0.05, 0.1) is 7.11 Å². The fourth-order valence-electron chi connectivity index (χ4n) is 1.34. The Labute approximate surface area is 98.8 Å². The van der Waals surface area contributed by atoms with Crippen LogP contribution in [0.25, 0.3) is 0 Å². The van der Waals surface area contributed by atoms with Gasteiger partial charge < -0.3 is 9.47 Å². The number of nitrogens with zero attached hydrogens (tertiary/aromatic N) is 1. The Hall–Kier alpha value is -2.36. The first kappa shape index (κ1) is 11.1. The van der Waals surface area contributed by atoms with Crippen molar-refractivity contribution >= 4 is 5.97 Å². The minimum Gasteiger partial charge on any atom is -0.493 e. The quantitative estimate of drug-likeness (QED) is 0.598. The van der Waals surface area contributed by atoms with Gasteiger partial charge >= 0.3 is 5.97 Å². The fourth-order valence-corrected chi connectivity index (χ4v) is 1.34. The molecule has 0 atom stereocenters. The van der Waals surface area contributed by atoms with E-state index in [4.69, 9.17) is 9.47 Å². The van der Waals surface area contributed by atoms with Crippen molar-refractivity contribution in [1.29, 1.82) is 0 Å². The average Bonchev–Trinajstić information content (AvgIpc) is 2.40. The molecule has 1 aromatic carbocycles. The summed E-state index contributed by atoms with van der Waals surface area (Å²) in [5, 5.41) is 0. The molecule has 86 valence electrons. The van der Waals surface area contributed by atoms with Crippen LogP contribution in [0.4, 0.5) is 0 Å². The molecule has 0 unspecified atom stereocenters. The third-order valence-electron chi connectivity index (χ3n) is 2.15. The lowest BCUT2D eigenvalue weighted by Crippen LogP contribution is -2.10. The molecule has 0 fully saturated rings. The predicted molar refractivity (Wildman–Crippen MR) is 62.2 cm³/mol. The summed E-state index contributed by atoms with van der Waals surface area (Å²) in [4.78, 5) is 15.7. The first-order valence-corrected chi connectivity index (χ1v) is 5.07. The highest BCUT2D eigenvalue weighted by atomic mass is 16.6. The van der Waals surface area contributed by atoms with Crippen LogP contribution in [0.1, 0.15) is 10.5 Å². The van der Waals surface area contributed by atoms with Gasteiger partial charge in [0.1, 0.15) is 5.69 Å². The lowest BCUT2D eigenvalue weighted by Gasteiger charge is -2.07. The topological polar surface area (TPSA) is 48.4 Å². The maximum atomic E-state index is 11.7. The second-order valence-electron chi connectivity index (χ2n) is 3.26. The third kappa shape index (κ3) is 2.60. The molecule has 17 heavy (non-hydrogen) atoms. The zero-order chi connectivity index (χ0) is 12.1. The van der Waals surface area contributed by atoms with E-state index in [9.17, 15) is 4.79 Å². The SMILES string of the molecule is COc1ccccc1OC(=O)c1ccccn1. The highest BCUT2D eigenvalue weighted by molar-refractivity contribution is 5.89. The molecule has 4 heteroatoms. The zero-order valence-corrected chi connectivity index (χ0v) is 9.29. The molecule has 0 spiro atoms. The summed E-state index contributed by atoms with van der Waals surface area (Å²) in [5.41, 5.74) is 0.262. The van der Waals surface area contributed by atoms with Crippen LogP contribution >= 0.6 is 0 Å². The van der Waals surface area contributed by atoms with Crippen molar-refractivity contribution in [3.05, 3.63) is 54.4 Å². The van der Waals surface area contributed by atoms with Gasteiger partial charge in [-0.1, -0.05) is 18.2 Å². The molecular weight excluding hydrogens is 218 g/mol. The predicted octanol–water partition coefficient (Wildman–Crippen LogP) is 2.31. The van der Waals surface area contributed by atoms with Crippen molar-refractivity contribution in [3.63, 3.8) is 0 Å². The van der Waals surface area contributed by atoms with E-state index in [1.165, 1.54) is 7.11 Å². The number of aromatic nitrogens is 1. The molecule has 0 saturated heterocycles. The largest absolute Gasteiger partial charge is 0.493 e. The lowest BCUT2D eigenvalue weighted by atomic mass is 10.3. The standard InChI is InChI=1S/C13H11NO3/c1-16-11-7-2-3-8-12(11)17-13(15)10-6-4-5-9-14-10/h2-9H,1H3. The number of rotatable bonds is 3. The number of benzene rings is 1. The average molecular weight is 229 g/mol. The van der Waals surface area contributed by atoms with Gasteiger partial charge in [-0.2, -0.15) is 0 Å². The summed E-state index contributed by atoms with van der Waals surface area (Å²) in [6.45, 7) is 0. The Morgan fingerprint density at radius 2 is 1.76 bits per heavy atom. The van der Waals surface area contributed by atoms with Crippen molar-refractivity contribution in [2.45, 2.75) is 0 Å². The van der Waals surface area contributed by atoms with Crippen LogP contribution in [-0.4, -0.2) is 18.1 Å². The Morgan fingerprint density at radius 3 is 2.41 bits per heavy atom. The van der Waals surface area contributed by atoms with Gasteiger partial charge in [-0.15, -0.1) is 0 Å². The van der Waals surface area contributed by atoms with Crippen LogP contribution < -0.4 is 9.47 Å². The number of hydrogen-bond donors (Lipinski definition) is 0. The van der Waals surface area contributed by atoms with Crippen molar-refractivity contribution < 1.29 is 14.3 Å². The van der Waals surface area contributed by atoms with E-state index in [2.05, 4.69) is 4.98 Å². The summed E-state index contributed by atoms with van der Waals surface area (Å²) in [6.07, 6.45) is 1.54. The van der Waals surface area contributed by atoms with E-state index in [0.717, 1.165) is 0 Å². The number of pyridine rings is 1. The monoisotopic (exact) mass is 229 g/mol. The molecule has 0 saturated carbocycles. The number of esters is 1. The van der Waals surface area contributed by atoms with E-state index in [1.807, 2.05) is 0 Å². The highest BCUT2D eigenvalue weighted by Crippen LogP contribution is 2.26. The zero-order valence-electron chi connectivity index (χ0n) is 9.29. The third-order valence-corrected chi connectivity index (χ3v) is 2.15. The van der Waals surface area contributed by atoms with Crippen molar-refractivity contribution in [2.75, 3.05) is 7.11 Å². The molecule has 0 aliphatic rings. The highest BCUT2D eigenvalue weighted by Gasteiger charge is 2.12. The molecule has 0 bridgehead atoms. The normalized spacial score (nSPS) is 9.71. The van der Waals surface area contributed by atoms with Crippen LogP contribution in [0.15, 0.2) is 48.7 Å². The van der Waals surface area contributed by atoms with Crippen LogP contribution in [-0.2, 0) is 0 Å². The summed E-state index contributed by atoms with van der Waals surface area (Å²) in [6, 6.07) is 12.0. The van der Waals surface area contributed by atoms with Crippen LogP contribution in [0.3, 0.4) is 0 Å². The number of ether oxygens (including phenoxy) is 2.